The average molecular weight is 955 g/mol. The predicted molar refractivity (Wildman–Crippen MR) is 266 cm³/mol. The third kappa shape index (κ3) is 36.6. The lowest BCUT2D eigenvalue weighted by atomic mass is 10.00. The van der Waals surface area contributed by atoms with Crippen LogP contribution in [0.2, 0.25) is 0 Å². The van der Waals surface area contributed by atoms with Gasteiger partial charge in [-0.05, 0) is 51.4 Å². The fraction of sp³-hybridized carbons (Fsp3) is 0.811. The zero-order valence-corrected chi connectivity index (χ0v) is 42.1. The summed E-state index contributed by atoms with van der Waals surface area (Å²) in [6, 6.07) is 0. The number of ether oxygens (including phenoxy) is 4. The maximum atomic E-state index is 12.9. The van der Waals surface area contributed by atoms with Gasteiger partial charge in [-0.2, -0.15) is 8.42 Å². The summed E-state index contributed by atoms with van der Waals surface area (Å²) < 4.78 is 54.3. The first-order valence-corrected chi connectivity index (χ1v) is 27.8. The van der Waals surface area contributed by atoms with E-state index < -0.39 is 71.2 Å². The molecule has 4 N–H and O–H groups in total. The third-order valence-electron chi connectivity index (χ3n) is 11.9. The first-order valence-electron chi connectivity index (χ1n) is 26.2. The van der Waals surface area contributed by atoms with Gasteiger partial charge in [-0.3, -0.25) is 14.1 Å². The Morgan fingerprint density at radius 1 is 0.530 bits per heavy atom. The highest BCUT2D eigenvalue weighted by Crippen LogP contribution is 2.24. The Morgan fingerprint density at radius 2 is 0.955 bits per heavy atom. The normalized spacial score (nSPS) is 19.8. The molecule has 0 aromatic heterocycles. The molecule has 6 unspecified atom stereocenters. The molecule has 0 radical (unpaired) electrons. The number of carbonyl (C=O) groups excluding carboxylic acids is 2. The molecule has 0 aromatic rings. The smallest absolute Gasteiger partial charge is 0.306 e. The van der Waals surface area contributed by atoms with Crippen molar-refractivity contribution in [2.24, 2.45) is 0 Å². The lowest BCUT2D eigenvalue weighted by Gasteiger charge is -2.40. The van der Waals surface area contributed by atoms with Crippen LogP contribution in [0, 0.1) is 0 Å². The molecule has 1 fully saturated rings. The Balaban J connectivity index is 2.35. The van der Waals surface area contributed by atoms with Gasteiger partial charge in [-0.15, -0.1) is 0 Å². The summed E-state index contributed by atoms with van der Waals surface area (Å²) >= 11 is 0. The molecule has 1 aliphatic heterocycles. The molecule has 1 saturated heterocycles. The summed E-state index contributed by atoms with van der Waals surface area (Å²) in [4.78, 5) is 25.5. The minimum absolute atomic E-state index is 0.159. The first kappa shape index (κ1) is 61.6. The Kier molecular flexibility index (Phi) is 39.9. The van der Waals surface area contributed by atoms with Crippen molar-refractivity contribution in [3.05, 3.63) is 48.6 Å². The van der Waals surface area contributed by atoms with Gasteiger partial charge in [-0.25, -0.2) is 0 Å². The Bertz CT molecular complexity index is 1400. The van der Waals surface area contributed by atoms with Crippen LogP contribution in [-0.2, 0) is 38.7 Å². The molecular formula is C53H94O12S. The maximum Gasteiger partial charge on any atom is 0.306 e. The number of aliphatic hydroxyl groups is 3. The van der Waals surface area contributed by atoms with Crippen LogP contribution in [-0.4, -0.2) is 96.0 Å². The Hall–Kier alpha value is -2.39. The van der Waals surface area contributed by atoms with Gasteiger partial charge in [0.05, 0.1) is 6.61 Å². The summed E-state index contributed by atoms with van der Waals surface area (Å²) in [5.74, 6) is -1.98. The van der Waals surface area contributed by atoms with Crippen LogP contribution < -0.4 is 0 Å². The largest absolute Gasteiger partial charge is 0.462 e. The number of rotatable bonds is 44. The van der Waals surface area contributed by atoms with E-state index in [4.69, 9.17) is 18.9 Å². The van der Waals surface area contributed by atoms with Crippen molar-refractivity contribution in [3.8, 4) is 0 Å². The molecule has 1 rings (SSSR count). The van der Waals surface area contributed by atoms with E-state index in [2.05, 4.69) is 62.5 Å². The third-order valence-corrected chi connectivity index (χ3v) is 12.7. The zero-order valence-electron chi connectivity index (χ0n) is 41.3. The Morgan fingerprint density at radius 3 is 1.42 bits per heavy atom. The monoisotopic (exact) mass is 955 g/mol. The number of hydrogen-bond donors (Lipinski definition) is 4. The number of unbranched alkanes of at least 4 members (excludes halogenated alkanes) is 24. The highest BCUT2D eigenvalue weighted by Gasteiger charge is 2.46. The molecule has 1 heterocycles. The van der Waals surface area contributed by atoms with Crippen LogP contribution in [0.25, 0.3) is 0 Å². The highest BCUT2D eigenvalue weighted by molar-refractivity contribution is 7.85. The first-order chi connectivity index (χ1) is 32.0. The second-order valence-electron chi connectivity index (χ2n) is 18.2. The molecule has 0 spiro atoms. The van der Waals surface area contributed by atoms with E-state index in [1.807, 2.05) is 0 Å². The van der Waals surface area contributed by atoms with E-state index in [1.165, 1.54) is 103 Å². The second-order valence-corrected chi connectivity index (χ2v) is 19.7. The highest BCUT2D eigenvalue weighted by atomic mass is 32.2. The molecule has 384 valence electrons. The number of allylic oxidation sites excluding steroid dienone is 8. The molecule has 0 aromatic carbocycles. The topological polar surface area (TPSA) is 186 Å². The van der Waals surface area contributed by atoms with Gasteiger partial charge in [0, 0.05) is 12.8 Å². The SMILES string of the molecule is CC/C=C\C/C=C\C/C=C\C/C=C\CCCCCCCCCCCCC(=O)OC(COC(=O)CCCCCCCCCCCCCCCCC)COC1OC(CS(=O)(=O)O)C(O)C(O)C1O. The van der Waals surface area contributed by atoms with Gasteiger partial charge in [-0.1, -0.05) is 204 Å². The number of hydrogen-bond acceptors (Lipinski definition) is 11. The maximum absolute atomic E-state index is 12.9. The van der Waals surface area contributed by atoms with Crippen molar-refractivity contribution in [1.29, 1.82) is 0 Å². The van der Waals surface area contributed by atoms with Crippen molar-refractivity contribution in [1.82, 2.24) is 0 Å². The van der Waals surface area contributed by atoms with Gasteiger partial charge in [0.15, 0.2) is 12.4 Å². The summed E-state index contributed by atoms with van der Waals surface area (Å²) in [5, 5.41) is 31.0. The van der Waals surface area contributed by atoms with E-state index >= 15 is 0 Å². The van der Waals surface area contributed by atoms with Gasteiger partial charge >= 0.3 is 11.9 Å². The molecule has 0 amide bonds. The minimum Gasteiger partial charge on any atom is -0.462 e. The van der Waals surface area contributed by atoms with Crippen LogP contribution >= 0.6 is 0 Å². The molecule has 0 aliphatic carbocycles. The number of aliphatic hydroxyl groups excluding tert-OH is 3. The van der Waals surface area contributed by atoms with E-state index in [0.717, 1.165) is 77.0 Å². The molecule has 0 saturated carbocycles. The Labute approximate surface area is 401 Å². The van der Waals surface area contributed by atoms with Crippen LogP contribution in [0.5, 0.6) is 0 Å². The zero-order chi connectivity index (χ0) is 48.4. The van der Waals surface area contributed by atoms with Gasteiger partial charge in [0.2, 0.25) is 0 Å². The summed E-state index contributed by atoms with van der Waals surface area (Å²) in [7, 11) is -4.61. The van der Waals surface area contributed by atoms with E-state index in [1.54, 1.807) is 0 Å². The van der Waals surface area contributed by atoms with Crippen molar-refractivity contribution in [2.75, 3.05) is 19.0 Å². The summed E-state index contributed by atoms with van der Waals surface area (Å²) in [6.45, 7) is 3.67. The van der Waals surface area contributed by atoms with Gasteiger partial charge in [0.25, 0.3) is 10.1 Å². The van der Waals surface area contributed by atoms with Crippen LogP contribution in [0.15, 0.2) is 48.6 Å². The second kappa shape index (κ2) is 42.7. The summed E-state index contributed by atoms with van der Waals surface area (Å²) in [5.41, 5.74) is 0. The molecule has 13 heteroatoms. The van der Waals surface area contributed by atoms with Crippen molar-refractivity contribution < 1.29 is 56.8 Å². The standard InChI is InChI=1S/C53H94O12S/c1-3-5-7-9-11-13-15-17-19-20-21-22-23-24-25-26-28-30-32-34-36-38-40-42-49(55)64-46(44-63-53-52(58)51(57)50(56)47(65-53)45-66(59,60)61)43-62-48(54)41-39-37-35-33-31-29-27-18-16-14-12-10-8-6-4-2/h5,7,11,13,17,19,21-22,46-47,50-53,56-58H,3-4,6,8-10,12,14-16,18,20,23-45H2,1-2H3,(H,59,60,61)/b7-5-,13-11-,19-17-,22-21-. The average Bonchev–Trinajstić information content (AvgIpc) is 3.28. The van der Waals surface area contributed by atoms with Crippen LogP contribution in [0.4, 0.5) is 0 Å². The molecule has 6 atom stereocenters. The lowest BCUT2D eigenvalue weighted by Crippen LogP contribution is -2.60. The minimum atomic E-state index is -4.61. The van der Waals surface area contributed by atoms with Crippen LogP contribution in [0.3, 0.4) is 0 Å². The van der Waals surface area contributed by atoms with Crippen LogP contribution in [0.1, 0.15) is 219 Å². The number of esters is 2. The van der Waals surface area contributed by atoms with E-state index in [0.29, 0.717) is 12.8 Å². The molecule has 1 aliphatic rings. The lowest BCUT2D eigenvalue weighted by molar-refractivity contribution is -0.297. The molecule has 12 nitrogen and oxygen atoms in total. The van der Waals surface area contributed by atoms with E-state index in [9.17, 15) is 37.9 Å². The summed E-state index contributed by atoms with van der Waals surface area (Å²) in [6.07, 6.45) is 42.9. The molecular weight excluding hydrogens is 861 g/mol. The van der Waals surface area contributed by atoms with Gasteiger partial charge < -0.3 is 34.3 Å². The van der Waals surface area contributed by atoms with Crippen molar-refractivity contribution in [2.45, 2.75) is 256 Å². The molecule has 66 heavy (non-hydrogen) atoms. The quantitative estimate of drug-likeness (QED) is 0.0196. The predicted octanol–water partition coefficient (Wildman–Crippen LogP) is 11.9. The van der Waals surface area contributed by atoms with Gasteiger partial charge in [0.1, 0.15) is 36.8 Å². The van der Waals surface area contributed by atoms with E-state index in [-0.39, 0.29) is 19.4 Å². The molecule has 0 bridgehead atoms. The fourth-order valence-electron chi connectivity index (χ4n) is 7.90. The van der Waals surface area contributed by atoms with Crippen molar-refractivity contribution >= 4 is 22.1 Å². The number of carbonyl (C=O) groups is 2. The fourth-order valence-corrected chi connectivity index (χ4v) is 8.60. The van der Waals surface area contributed by atoms with Crippen molar-refractivity contribution in [3.63, 3.8) is 0 Å².